The molecule has 0 amide bonds. The maximum absolute atomic E-state index is 9.87. The molecule has 0 radical (unpaired) electrons. The van der Waals surface area contributed by atoms with Crippen LogP contribution in [0.2, 0.25) is 0 Å². The van der Waals surface area contributed by atoms with Crippen LogP contribution in [0.15, 0.2) is 35.3 Å². The van der Waals surface area contributed by atoms with Crippen molar-refractivity contribution >= 4 is 5.96 Å². The lowest BCUT2D eigenvalue weighted by Crippen LogP contribution is -2.42. The van der Waals surface area contributed by atoms with Gasteiger partial charge in [0.2, 0.25) is 0 Å². The minimum absolute atomic E-state index is 0.414. The molecule has 0 saturated heterocycles. The smallest absolute Gasteiger partial charge is 0.188 e. The van der Waals surface area contributed by atoms with Gasteiger partial charge in [0.1, 0.15) is 0 Å². The van der Waals surface area contributed by atoms with Crippen molar-refractivity contribution in [1.29, 1.82) is 0 Å². The molecule has 0 unspecified atom stereocenters. The number of hydrogen-bond donors (Lipinski definition) is 3. The summed E-state index contributed by atoms with van der Waals surface area (Å²) in [6, 6.07) is 10.2. The Morgan fingerprint density at radius 2 is 2.06 bits per heavy atom. The number of aliphatic imine (C=N–C) groups is 1. The molecular formula is C14H21N3O. The third kappa shape index (κ3) is 3.74. The van der Waals surface area contributed by atoms with Gasteiger partial charge in [0, 0.05) is 6.54 Å². The second-order valence-corrected chi connectivity index (χ2v) is 4.94. The Labute approximate surface area is 108 Å². The van der Waals surface area contributed by atoms with Crippen molar-refractivity contribution in [2.45, 2.75) is 31.3 Å². The standard InChI is InChI=1S/C14H21N3O/c15-13(17-11-14(18)8-4-9-14)16-10-7-12-5-2-1-3-6-12/h1-3,5-6,18H,4,7-11H2,(H3,15,16,17). The van der Waals surface area contributed by atoms with Gasteiger partial charge in [-0.05, 0) is 31.2 Å². The van der Waals surface area contributed by atoms with E-state index in [1.807, 2.05) is 18.2 Å². The van der Waals surface area contributed by atoms with Crippen LogP contribution in [0, 0.1) is 0 Å². The van der Waals surface area contributed by atoms with E-state index in [0.29, 0.717) is 12.5 Å². The second kappa shape index (κ2) is 5.87. The van der Waals surface area contributed by atoms with Gasteiger partial charge in [0.25, 0.3) is 0 Å². The van der Waals surface area contributed by atoms with Gasteiger partial charge >= 0.3 is 0 Å². The average molecular weight is 247 g/mol. The molecule has 1 aliphatic rings. The van der Waals surface area contributed by atoms with Gasteiger partial charge in [-0.2, -0.15) is 0 Å². The van der Waals surface area contributed by atoms with E-state index >= 15 is 0 Å². The molecule has 1 fully saturated rings. The van der Waals surface area contributed by atoms with E-state index in [1.54, 1.807) is 0 Å². The molecule has 0 heterocycles. The Morgan fingerprint density at radius 1 is 1.33 bits per heavy atom. The van der Waals surface area contributed by atoms with Crippen LogP contribution in [-0.2, 0) is 6.42 Å². The predicted molar refractivity (Wildman–Crippen MR) is 73.4 cm³/mol. The summed E-state index contributed by atoms with van der Waals surface area (Å²) in [7, 11) is 0. The molecule has 0 atom stereocenters. The van der Waals surface area contributed by atoms with Crippen molar-refractivity contribution < 1.29 is 5.11 Å². The summed E-state index contributed by atoms with van der Waals surface area (Å²) in [5.41, 5.74) is 6.43. The minimum atomic E-state index is -0.592. The number of hydrogen-bond acceptors (Lipinski definition) is 2. The number of benzene rings is 1. The number of aliphatic hydroxyl groups is 1. The van der Waals surface area contributed by atoms with Crippen LogP contribution >= 0.6 is 0 Å². The largest absolute Gasteiger partial charge is 0.388 e. The highest BCUT2D eigenvalue weighted by molar-refractivity contribution is 5.77. The predicted octanol–water partition coefficient (Wildman–Crippen LogP) is 1.05. The number of rotatable bonds is 5. The summed E-state index contributed by atoms with van der Waals surface area (Å²) in [6.07, 6.45) is 3.69. The van der Waals surface area contributed by atoms with Gasteiger partial charge < -0.3 is 16.2 Å². The molecular weight excluding hydrogens is 226 g/mol. The van der Waals surface area contributed by atoms with Crippen molar-refractivity contribution in [3.05, 3.63) is 35.9 Å². The summed E-state index contributed by atoms with van der Waals surface area (Å²) in [6.45, 7) is 1.18. The third-order valence-corrected chi connectivity index (χ3v) is 3.39. The summed E-state index contributed by atoms with van der Waals surface area (Å²) < 4.78 is 0. The number of nitrogens with two attached hydrogens (primary N) is 1. The van der Waals surface area contributed by atoms with Crippen molar-refractivity contribution in [2.24, 2.45) is 10.7 Å². The monoisotopic (exact) mass is 247 g/mol. The van der Waals surface area contributed by atoms with Crippen LogP contribution in [0.5, 0.6) is 0 Å². The molecule has 0 aliphatic heterocycles. The highest BCUT2D eigenvalue weighted by atomic mass is 16.3. The maximum Gasteiger partial charge on any atom is 0.188 e. The Hall–Kier alpha value is -1.55. The fourth-order valence-electron chi connectivity index (χ4n) is 2.01. The van der Waals surface area contributed by atoms with Gasteiger partial charge in [-0.25, -0.2) is 0 Å². The highest BCUT2D eigenvalue weighted by Gasteiger charge is 2.33. The Bertz CT molecular complexity index is 399. The topological polar surface area (TPSA) is 70.6 Å². The molecule has 0 aromatic heterocycles. The first kappa shape index (κ1) is 12.9. The van der Waals surface area contributed by atoms with E-state index < -0.39 is 5.60 Å². The lowest BCUT2D eigenvalue weighted by Gasteiger charge is -2.34. The van der Waals surface area contributed by atoms with Gasteiger partial charge in [-0.15, -0.1) is 0 Å². The Kier molecular flexibility index (Phi) is 4.20. The molecule has 1 saturated carbocycles. The number of guanidine groups is 1. The fourth-order valence-corrected chi connectivity index (χ4v) is 2.01. The summed E-state index contributed by atoms with van der Waals surface area (Å²) in [4.78, 5) is 4.18. The number of nitrogens with one attached hydrogen (secondary N) is 1. The van der Waals surface area contributed by atoms with Crippen LogP contribution in [-0.4, -0.2) is 29.8 Å². The van der Waals surface area contributed by atoms with Crippen LogP contribution in [0.25, 0.3) is 0 Å². The molecule has 4 heteroatoms. The van der Waals surface area contributed by atoms with Crippen molar-refractivity contribution in [1.82, 2.24) is 5.32 Å². The van der Waals surface area contributed by atoms with Crippen LogP contribution in [0.4, 0.5) is 0 Å². The average Bonchev–Trinajstić information content (AvgIpc) is 2.35. The third-order valence-electron chi connectivity index (χ3n) is 3.39. The molecule has 98 valence electrons. The molecule has 2 rings (SSSR count). The molecule has 0 spiro atoms. The fraction of sp³-hybridized carbons (Fsp3) is 0.500. The van der Waals surface area contributed by atoms with Gasteiger partial charge in [-0.1, -0.05) is 30.3 Å². The van der Waals surface area contributed by atoms with Crippen LogP contribution < -0.4 is 11.1 Å². The van der Waals surface area contributed by atoms with Gasteiger partial charge in [-0.3, -0.25) is 4.99 Å². The highest BCUT2D eigenvalue weighted by Crippen LogP contribution is 2.31. The Balaban J connectivity index is 1.68. The molecule has 18 heavy (non-hydrogen) atoms. The normalized spacial score (nSPS) is 18.2. The maximum atomic E-state index is 9.87. The molecule has 4 nitrogen and oxygen atoms in total. The first-order valence-corrected chi connectivity index (χ1v) is 6.48. The minimum Gasteiger partial charge on any atom is -0.388 e. The quantitative estimate of drug-likeness (QED) is 0.538. The van der Waals surface area contributed by atoms with E-state index in [9.17, 15) is 5.11 Å². The lowest BCUT2D eigenvalue weighted by molar-refractivity contribution is -0.0235. The zero-order valence-corrected chi connectivity index (χ0v) is 10.6. The van der Waals surface area contributed by atoms with E-state index in [-0.39, 0.29) is 0 Å². The van der Waals surface area contributed by atoms with E-state index in [2.05, 4.69) is 22.4 Å². The van der Waals surface area contributed by atoms with Crippen molar-refractivity contribution in [3.63, 3.8) is 0 Å². The van der Waals surface area contributed by atoms with Gasteiger partial charge in [0.15, 0.2) is 5.96 Å². The molecule has 1 aromatic rings. The van der Waals surface area contributed by atoms with Crippen LogP contribution in [0.3, 0.4) is 0 Å². The van der Waals surface area contributed by atoms with E-state index in [4.69, 9.17) is 5.73 Å². The van der Waals surface area contributed by atoms with Crippen molar-refractivity contribution in [2.75, 3.05) is 13.1 Å². The molecule has 4 N–H and O–H groups in total. The zero-order chi connectivity index (χ0) is 12.8. The summed E-state index contributed by atoms with van der Waals surface area (Å²) in [5, 5.41) is 12.9. The van der Waals surface area contributed by atoms with Crippen LogP contribution in [0.1, 0.15) is 24.8 Å². The van der Waals surface area contributed by atoms with Crippen molar-refractivity contribution in [3.8, 4) is 0 Å². The number of nitrogens with zero attached hydrogens (tertiary/aromatic N) is 1. The Morgan fingerprint density at radius 3 is 2.67 bits per heavy atom. The zero-order valence-electron chi connectivity index (χ0n) is 10.6. The first-order chi connectivity index (χ1) is 8.68. The first-order valence-electron chi connectivity index (χ1n) is 6.48. The molecule has 0 bridgehead atoms. The van der Waals surface area contributed by atoms with E-state index in [1.165, 1.54) is 5.56 Å². The lowest BCUT2D eigenvalue weighted by atomic mass is 9.80. The summed E-state index contributed by atoms with van der Waals surface area (Å²) in [5.74, 6) is 0.422. The molecule has 1 aliphatic carbocycles. The SMILES string of the molecule is NC(=NCC1(O)CCC1)NCCc1ccccc1. The van der Waals surface area contributed by atoms with E-state index in [0.717, 1.165) is 32.2 Å². The summed E-state index contributed by atoms with van der Waals surface area (Å²) >= 11 is 0. The molecule has 1 aromatic carbocycles. The second-order valence-electron chi connectivity index (χ2n) is 4.94. The van der Waals surface area contributed by atoms with Gasteiger partial charge in [0.05, 0.1) is 12.1 Å².